The van der Waals surface area contributed by atoms with Gasteiger partial charge in [0, 0.05) is 26.1 Å². The van der Waals surface area contributed by atoms with E-state index in [0.29, 0.717) is 25.9 Å². The summed E-state index contributed by atoms with van der Waals surface area (Å²) in [6.07, 6.45) is 8.27. The van der Waals surface area contributed by atoms with Crippen LogP contribution in [0.2, 0.25) is 0 Å². The SMILES string of the molecule is COc1ccc(CCC(=O)NCCn2ncc3c(N4CCCCC4)ncnc32)cc1. The number of hydrogen-bond acceptors (Lipinski definition) is 6. The Hall–Kier alpha value is -3.16. The zero-order valence-electron chi connectivity index (χ0n) is 17.4. The van der Waals surface area contributed by atoms with Gasteiger partial charge >= 0.3 is 0 Å². The molecule has 0 aliphatic carbocycles. The molecule has 1 aromatic carbocycles. The van der Waals surface area contributed by atoms with Crippen LogP contribution in [0, 0.1) is 0 Å². The average molecular weight is 409 g/mol. The van der Waals surface area contributed by atoms with Gasteiger partial charge < -0.3 is 15.0 Å². The second-order valence-corrected chi connectivity index (χ2v) is 7.55. The van der Waals surface area contributed by atoms with Gasteiger partial charge in [0.15, 0.2) is 5.65 Å². The van der Waals surface area contributed by atoms with Crippen molar-refractivity contribution in [2.75, 3.05) is 31.6 Å². The van der Waals surface area contributed by atoms with Crippen molar-refractivity contribution in [2.45, 2.75) is 38.6 Å². The van der Waals surface area contributed by atoms with Crippen LogP contribution in [0.5, 0.6) is 5.75 Å². The molecule has 1 aliphatic heterocycles. The van der Waals surface area contributed by atoms with Crippen LogP contribution in [0.15, 0.2) is 36.8 Å². The highest BCUT2D eigenvalue weighted by Crippen LogP contribution is 2.25. The van der Waals surface area contributed by atoms with Gasteiger partial charge in [-0.15, -0.1) is 0 Å². The molecule has 0 saturated carbocycles. The zero-order chi connectivity index (χ0) is 20.8. The van der Waals surface area contributed by atoms with E-state index in [4.69, 9.17) is 4.74 Å². The first kappa shape index (κ1) is 20.1. The number of carbonyl (C=O) groups excluding carboxylic acids is 1. The summed E-state index contributed by atoms with van der Waals surface area (Å²) in [6.45, 7) is 3.15. The number of aryl methyl sites for hydroxylation is 1. The molecule has 2 aromatic heterocycles. The number of aromatic nitrogens is 4. The maximum atomic E-state index is 12.2. The Balaban J connectivity index is 1.29. The Morgan fingerprint density at radius 1 is 1.13 bits per heavy atom. The summed E-state index contributed by atoms with van der Waals surface area (Å²) in [4.78, 5) is 23.4. The molecule has 30 heavy (non-hydrogen) atoms. The van der Waals surface area contributed by atoms with E-state index < -0.39 is 0 Å². The van der Waals surface area contributed by atoms with Crippen LogP contribution in [0.25, 0.3) is 11.0 Å². The summed E-state index contributed by atoms with van der Waals surface area (Å²) >= 11 is 0. The number of fused-ring (bicyclic) bond motifs is 1. The number of piperidine rings is 1. The lowest BCUT2D eigenvalue weighted by atomic mass is 10.1. The van der Waals surface area contributed by atoms with E-state index >= 15 is 0 Å². The highest BCUT2D eigenvalue weighted by atomic mass is 16.5. The lowest BCUT2D eigenvalue weighted by Crippen LogP contribution is -2.30. The molecular formula is C22H28N6O2. The minimum Gasteiger partial charge on any atom is -0.497 e. The number of nitrogens with one attached hydrogen (secondary N) is 1. The number of ether oxygens (including phenoxy) is 1. The van der Waals surface area contributed by atoms with Crippen LogP contribution in [0.4, 0.5) is 5.82 Å². The number of nitrogens with zero attached hydrogens (tertiary/aromatic N) is 5. The molecule has 1 saturated heterocycles. The largest absolute Gasteiger partial charge is 0.497 e. The van der Waals surface area contributed by atoms with Crippen molar-refractivity contribution in [3.05, 3.63) is 42.4 Å². The smallest absolute Gasteiger partial charge is 0.220 e. The van der Waals surface area contributed by atoms with Crippen LogP contribution < -0.4 is 15.0 Å². The lowest BCUT2D eigenvalue weighted by Gasteiger charge is -2.27. The Morgan fingerprint density at radius 3 is 2.70 bits per heavy atom. The first-order valence-corrected chi connectivity index (χ1v) is 10.6. The molecule has 0 spiro atoms. The number of anilines is 1. The Kier molecular flexibility index (Phi) is 6.41. The molecule has 0 bridgehead atoms. The fourth-order valence-electron chi connectivity index (χ4n) is 3.84. The summed E-state index contributed by atoms with van der Waals surface area (Å²) in [5.41, 5.74) is 1.93. The van der Waals surface area contributed by atoms with E-state index in [-0.39, 0.29) is 5.91 Å². The van der Waals surface area contributed by atoms with Gasteiger partial charge in [0.25, 0.3) is 0 Å². The van der Waals surface area contributed by atoms with E-state index in [1.807, 2.05) is 35.1 Å². The molecule has 3 aromatic rings. The maximum Gasteiger partial charge on any atom is 0.220 e. The molecule has 8 nitrogen and oxygen atoms in total. The second kappa shape index (κ2) is 9.56. The molecular weight excluding hydrogens is 380 g/mol. The van der Waals surface area contributed by atoms with Crippen molar-refractivity contribution in [3.8, 4) is 5.75 Å². The van der Waals surface area contributed by atoms with Crippen LogP contribution in [0.3, 0.4) is 0 Å². The summed E-state index contributed by atoms with van der Waals surface area (Å²) < 4.78 is 7.00. The standard InChI is InChI=1S/C22H28N6O2/c1-30-18-8-5-17(6-9-18)7-10-20(29)23-11-14-28-22-19(15-26-28)21(24-16-25-22)27-12-3-2-4-13-27/h5-6,8-9,15-16H,2-4,7,10-14H2,1H3,(H,23,29). The average Bonchev–Trinajstić information content (AvgIpc) is 3.22. The molecule has 8 heteroatoms. The molecule has 0 unspecified atom stereocenters. The fraction of sp³-hybridized carbons (Fsp3) is 0.455. The van der Waals surface area contributed by atoms with Crippen molar-refractivity contribution in [1.82, 2.24) is 25.1 Å². The second-order valence-electron chi connectivity index (χ2n) is 7.55. The third-order valence-corrected chi connectivity index (χ3v) is 5.51. The fourth-order valence-corrected chi connectivity index (χ4v) is 3.84. The zero-order valence-corrected chi connectivity index (χ0v) is 17.4. The minimum atomic E-state index is 0.0333. The van der Waals surface area contributed by atoms with Gasteiger partial charge in [0.1, 0.15) is 17.9 Å². The number of methoxy groups -OCH3 is 1. The minimum absolute atomic E-state index is 0.0333. The Bertz CT molecular complexity index is 979. The first-order valence-electron chi connectivity index (χ1n) is 10.6. The first-order chi connectivity index (χ1) is 14.7. The van der Waals surface area contributed by atoms with Crippen LogP contribution in [-0.4, -0.2) is 52.4 Å². The predicted molar refractivity (Wildman–Crippen MR) is 116 cm³/mol. The molecule has 3 heterocycles. The quantitative estimate of drug-likeness (QED) is 0.617. The molecule has 4 rings (SSSR count). The van der Waals surface area contributed by atoms with E-state index in [0.717, 1.165) is 41.3 Å². The number of hydrogen-bond donors (Lipinski definition) is 1. The monoisotopic (exact) mass is 408 g/mol. The molecule has 0 radical (unpaired) electrons. The normalized spacial score (nSPS) is 14.1. The van der Waals surface area contributed by atoms with Crippen molar-refractivity contribution in [2.24, 2.45) is 0 Å². The maximum absolute atomic E-state index is 12.2. The van der Waals surface area contributed by atoms with Crippen LogP contribution in [-0.2, 0) is 17.8 Å². The molecule has 1 N–H and O–H groups in total. The van der Waals surface area contributed by atoms with Gasteiger partial charge in [0.2, 0.25) is 5.91 Å². The highest BCUT2D eigenvalue weighted by molar-refractivity contribution is 5.86. The Labute approximate surface area is 176 Å². The number of amides is 1. The molecule has 1 aliphatic rings. The van der Waals surface area contributed by atoms with Crippen molar-refractivity contribution in [3.63, 3.8) is 0 Å². The van der Waals surface area contributed by atoms with Gasteiger partial charge in [0.05, 0.1) is 25.2 Å². The number of carbonyl (C=O) groups is 1. The molecule has 158 valence electrons. The summed E-state index contributed by atoms with van der Waals surface area (Å²) in [5, 5.41) is 8.44. The molecule has 0 atom stereocenters. The summed E-state index contributed by atoms with van der Waals surface area (Å²) in [6, 6.07) is 7.80. The highest BCUT2D eigenvalue weighted by Gasteiger charge is 2.17. The van der Waals surface area contributed by atoms with Gasteiger partial charge in [-0.1, -0.05) is 12.1 Å². The van der Waals surface area contributed by atoms with Crippen LogP contribution in [0.1, 0.15) is 31.2 Å². The van der Waals surface area contributed by atoms with E-state index in [1.54, 1.807) is 13.4 Å². The van der Waals surface area contributed by atoms with Gasteiger partial charge in [-0.05, 0) is 43.4 Å². The van der Waals surface area contributed by atoms with Crippen LogP contribution >= 0.6 is 0 Å². The van der Waals surface area contributed by atoms with Crippen molar-refractivity contribution in [1.29, 1.82) is 0 Å². The number of rotatable bonds is 8. The van der Waals surface area contributed by atoms with Gasteiger partial charge in [-0.25, -0.2) is 14.6 Å². The van der Waals surface area contributed by atoms with Gasteiger partial charge in [-0.3, -0.25) is 4.79 Å². The van der Waals surface area contributed by atoms with E-state index in [1.165, 1.54) is 19.3 Å². The third kappa shape index (κ3) is 4.69. The topological polar surface area (TPSA) is 85.2 Å². The van der Waals surface area contributed by atoms with Crippen molar-refractivity contribution >= 4 is 22.8 Å². The predicted octanol–water partition coefficient (Wildman–Crippen LogP) is 2.57. The summed E-state index contributed by atoms with van der Waals surface area (Å²) in [5.74, 6) is 1.82. The lowest BCUT2D eigenvalue weighted by molar-refractivity contribution is -0.121. The van der Waals surface area contributed by atoms with Crippen molar-refractivity contribution < 1.29 is 9.53 Å². The van der Waals surface area contributed by atoms with E-state index in [9.17, 15) is 4.79 Å². The molecule has 1 fully saturated rings. The summed E-state index contributed by atoms with van der Waals surface area (Å²) in [7, 11) is 1.64. The van der Waals surface area contributed by atoms with Gasteiger partial charge in [-0.2, -0.15) is 5.10 Å². The Morgan fingerprint density at radius 2 is 1.93 bits per heavy atom. The molecule has 1 amide bonds. The number of benzene rings is 1. The third-order valence-electron chi connectivity index (χ3n) is 5.51. The van der Waals surface area contributed by atoms with E-state index in [2.05, 4.69) is 25.3 Å².